The lowest BCUT2D eigenvalue weighted by Gasteiger charge is -2.53. The second-order valence-corrected chi connectivity index (χ2v) is 26.4. The van der Waals surface area contributed by atoms with Gasteiger partial charge >= 0.3 is 0 Å². The minimum absolute atomic E-state index is 0.514. The molecule has 0 saturated heterocycles. The summed E-state index contributed by atoms with van der Waals surface area (Å²) in [4.78, 5) is 0. The van der Waals surface area contributed by atoms with Gasteiger partial charge in [0.05, 0.1) is 8.07 Å². The molecule has 260 valence electrons. The van der Waals surface area contributed by atoms with E-state index in [1.165, 1.54) is 25.7 Å². The molecule has 0 aromatic rings. The zero-order valence-corrected chi connectivity index (χ0v) is 33.3. The molecule has 6 aliphatic rings. The second-order valence-electron chi connectivity index (χ2n) is 21.2. The molecule has 0 bridgehead atoms. The molecule has 0 aromatic carbocycles. The van der Waals surface area contributed by atoms with Gasteiger partial charge < -0.3 is 0 Å². The molecule has 6 saturated carbocycles. The van der Waals surface area contributed by atoms with Crippen molar-refractivity contribution in [2.24, 2.45) is 81.8 Å². The number of fused-ring (bicyclic) bond motifs is 2. The first kappa shape index (κ1) is 35.1. The molecule has 0 N–H and O–H groups in total. The van der Waals surface area contributed by atoms with Gasteiger partial charge in [-0.15, -0.1) is 0 Å². The molecule has 6 rings (SSSR count). The van der Waals surface area contributed by atoms with Crippen LogP contribution < -0.4 is 0 Å². The number of rotatable bonds is 6. The predicted octanol–water partition coefficient (Wildman–Crippen LogP) is 14.1. The van der Waals surface area contributed by atoms with Crippen LogP contribution in [0, 0.1) is 81.8 Å². The Morgan fingerprint density at radius 2 is 0.778 bits per heavy atom. The van der Waals surface area contributed by atoms with Crippen molar-refractivity contribution < 1.29 is 0 Å². The fraction of sp³-hybridized carbons (Fsp3) is 1.00. The normalized spacial score (nSPS) is 46.5. The SMILES string of the molecule is CC[Si](CC)(C1C(C)CC2C(C3CCC(C(C)(C)C)CC3)CCCC21)C1C(C)CC2C(C3CCC(C(C)(C)C)CC3)CCCC21. The average molecular weight is 637 g/mol. The van der Waals surface area contributed by atoms with E-state index >= 15 is 0 Å². The van der Waals surface area contributed by atoms with Gasteiger partial charge in [-0.1, -0.05) is 107 Å². The molecule has 0 nitrogen and oxygen atoms in total. The maximum Gasteiger partial charge on any atom is 0.0603 e. The average Bonchev–Trinajstić information content (AvgIpc) is 3.54. The minimum Gasteiger partial charge on any atom is -0.0678 e. The number of hydrogen-bond acceptors (Lipinski definition) is 0. The third kappa shape index (κ3) is 6.49. The van der Waals surface area contributed by atoms with Gasteiger partial charge in [-0.25, -0.2) is 0 Å². The van der Waals surface area contributed by atoms with Gasteiger partial charge in [0, 0.05) is 0 Å². The van der Waals surface area contributed by atoms with E-state index in [1.54, 1.807) is 89.1 Å². The Morgan fingerprint density at radius 1 is 0.444 bits per heavy atom. The Hall–Kier alpha value is 0.217. The summed E-state index contributed by atoms with van der Waals surface area (Å²) < 4.78 is 0. The molecule has 0 radical (unpaired) electrons. The summed E-state index contributed by atoms with van der Waals surface area (Å²) in [5.41, 5.74) is 3.31. The fourth-order valence-corrected chi connectivity index (χ4v) is 23.6. The van der Waals surface area contributed by atoms with Crippen molar-refractivity contribution >= 4 is 8.07 Å². The maximum absolute atomic E-state index is 2.80. The van der Waals surface area contributed by atoms with Crippen LogP contribution in [0.1, 0.15) is 172 Å². The molecular formula is C44H80Si. The van der Waals surface area contributed by atoms with Crippen molar-refractivity contribution in [1.82, 2.24) is 0 Å². The monoisotopic (exact) mass is 637 g/mol. The lowest BCUT2D eigenvalue weighted by atomic mass is 9.61. The van der Waals surface area contributed by atoms with E-state index in [0.29, 0.717) is 10.8 Å². The first-order valence-corrected chi connectivity index (χ1v) is 23.9. The fourth-order valence-electron chi connectivity index (χ4n) is 15.7. The van der Waals surface area contributed by atoms with Gasteiger partial charge in [-0.2, -0.15) is 0 Å². The molecule has 0 heterocycles. The van der Waals surface area contributed by atoms with Gasteiger partial charge in [0.1, 0.15) is 0 Å². The highest BCUT2D eigenvalue weighted by Gasteiger charge is 2.62. The molecule has 0 aromatic heterocycles. The van der Waals surface area contributed by atoms with Crippen molar-refractivity contribution in [2.45, 2.75) is 195 Å². The van der Waals surface area contributed by atoms with E-state index in [9.17, 15) is 0 Å². The molecule has 1 heteroatoms. The van der Waals surface area contributed by atoms with E-state index in [1.807, 2.05) is 0 Å². The summed E-state index contributed by atoms with van der Waals surface area (Å²) in [5, 5.41) is 0. The smallest absolute Gasteiger partial charge is 0.0603 e. The third-order valence-corrected chi connectivity index (χ3v) is 24.9. The van der Waals surface area contributed by atoms with Crippen LogP contribution in [0.5, 0.6) is 0 Å². The zero-order valence-electron chi connectivity index (χ0n) is 32.3. The summed E-state index contributed by atoms with van der Waals surface area (Å²) in [5.74, 6) is 12.6. The van der Waals surface area contributed by atoms with Gasteiger partial charge in [0.2, 0.25) is 0 Å². The van der Waals surface area contributed by atoms with Gasteiger partial charge in [0.15, 0.2) is 0 Å². The zero-order chi connectivity index (χ0) is 32.3. The molecule has 0 spiro atoms. The van der Waals surface area contributed by atoms with Crippen LogP contribution in [0.25, 0.3) is 0 Å². The van der Waals surface area contributed by atoms with Crippen molar-refractivity contribution in [3.8, 4) is 0 Å². The Balaban J connectivity index is 1.20. The Labute approximate surface area is 284 Å². The summed E-state index contributed by atoms with van der Waals surface area (Å²) >= 11 is 0. The van der Waals surface area contributed by atoms with E-state index in [2.05, 4.69) is 69.2 Å². The van der Waals surface area contributed by atoms with Crippen LogP contribution in [0.4, 0.5) is 0 Å². The molecule has 0 amide bonds. The molecule has 45 heavy (non-hydrogen) atoms. The summed E-state index contributed by atoms with van der Waals surface area (Å²) in [6.07, 6.45) is 25.1. The van der Waals surface area contributed by atoms with E-state index in [4.69, 9.17) is 0 Å². The summed E-state index contributed by atoms with van der Waals surface area (Å²) in [7, 11) is -1.45. The van der Waals surface area contributed by atoms with Crippen LogP contribution in [0.3, 0.4) is 0 Å². The Kier molecular flexibility index (Phi) is 10.5. The third-order valence-electron chi connectivity index (χ3n) is 17.6. The Morgan fingerprint density at radius 3 is 1.09 bits per heavy atom. The summed E-state index contributed by atoms with van der Waals surface area (Å²) in [6, 6.07) is 3.20. The van der Waals surface area contributed by atoms with E-state index < -0.39 is 8.07 Å². The summed E-state index contributed by atoms with van der Waals surface area (Å²) in [6.45, 7) is 26.1. The van der Waals surface area contributed by atoms with E-state index in [0.717, 1.165) is 82.1 Å². The largest absolute Gasteiger partial charge is 0.0678 e. The maximum atomic E-state index is 2.80. The highest BCUT2D eigenvalue weighted by atomic mass is 28.3. The molecule has 0 aliphatic heterocycles. The Bertz CT molecular complexity index is 872. The van der Waals surface area contributed by atoms with Crippen LogP contribution in [-0.2, 0) is 0 Å². The second kappa shape index (κ2) is 13.5. The van der Waals surface area contributed by atoms with Gasteiger partial charge in [-0.3, -0.25) is 0 Å². The van der Waals surface area contributed by atoms with Gasteiger partial charge in [0.25, 0.3) is 0 Å². The van der Waals surface area contributed by atoms with E-state index in [-0.39, 0.29) is 0 Å². The molecular weight excluding hydrogens is 557 g/mol. The first-order chi connectivity index (χ1) is 21.3. The number of hydrogen-bond donors (Lipinski definition) is 0. The predicted molar refractivity (Wildman–Crippen MR) is 200 cm³/mol. The molecule has 10 unspecified atom stereocenters. The topological polar surface area (TPSA) is 0 Å². The highest BCUT2D eigenvalue weighted by molar-refractivity contribution is 6.82. The molecule has 6 fully saturated rings. The van der Waals surface area contributed by atoms with Crippen LogP contribution in [-0.4, -0.2) is 8.07 Å². The van der Waals surface area contributed by atoms with Crippen molar-refractivity contribution in [1.29, 1.82) is 0 Å². The minimum atomic E-state index is -1.45. The van der Waals surface area contributed by atoms with Crippen molar-refractivity contribution in [3.63, 3.8) is 0 Å². The lowest BCUT2D eigenvalue weighted by Crippen LogP contribution is -2.51. The van der Waals surface area contributed by atoms with Crippen molar-refractivity contribution in [3.05, 3.63) is 0 Å². The van der Waals surface area contributed by atoms with Gasteiger partial charge in [-0.05, 0) is 170 Å². The van der Waals surface area contributed by atoms with Crippen LogP contribution in [0.15, 0.2) is 0 Å². The standard InChI is InChI=1S/C44H80Si/c1-11-45(12-2,41-29(3)27-39-35(15-13-17-37(39)41)31-19-23-33(24-20-31)43(5,6)7)42-30(4)28-40-36(16-14-18-38(40)42)32-21-25-34(26-22-32)44(8,9)10/h29-42H,11-28H2,1-10H3. The highest BCUT2D eigenvalue weighted by Crippen LogP contribution is 2.69. The first-order valence-electron chi connectivity index (χ1n) is 21.3. The lowest BCUT2D eigenvalue weighted by molar-refractivity contribution is 0.0619. The quantitative estimate of drug-likeness (QED) is 0.254. The molecule has 6 aliphatic carbocycles. The molecule has 10 atom stereocenters. The van der Waals surface area contributed by atoms with Crippen LogP contribution >= 0.6 is 0 Å². The van der Waals surface area contributed by atoms with Crippen molar-refractivity contribution in [2.75, 3.05) is 0 Å². The van der Waals surface area contributed by atoms with Crippen LogP contribution in [0.2, 0.25) is 23.2 Å².